The van der Waals surface area contributed by atoms with E-state index in [-0.39, 0.29) is 12.5 Å². The van der Waals surface area contributed by atoms with E-state index in [1.807, 2.05) is 35.2 Å². The Bertz CT molecular complexity index is 334. The van der Waals surface area contributed by atoms with Gasteiger partial charge in [-0.2, -0.15) is 0 Å². The van der Waals surface area contributed by atoms with Gasteiger partial charge in [-0.1, -0.05) is 18.2 Å². The van der Waals surface area contributed by atoms with E-state index in [1.54, 1.807) is 0 Å². The number of hydrogen-bond acceptors (Lipinski definition) is 3. The van der Waals surface area contributed by atoms with Crippen LogP contribution in [-0.4, -0.2) is 43.6 Å². The fourth-order valence-electron chi connectivity index (χ4n) is 1.67. The van der Waals surface area contributed by atoms with E-state index in [0.29, 0.717) is 0 Å². The molecule has 0 aromatic heterocycles. The molecule has 0 saturated carbocycles. The van der Waals surface area contributed by atoms with Crippen molar-refractivity contribution in [2.24, 2.45) is 0 Å². The summed E-state index contributed by atoms with van der Waals surface area (Å²) in [6.45, 7) is 3.42. The number of rotatable bonds is 3. The summed E-state index contributed by atoms with van der Waals surface area (Å²) in [5, 5.41) is 3.21. The highest BCUT2D eigenvalue weighted by Gasteiger charge is 2.16. The first-order chi connectivity index (χ1) is 7.86. The third-order valence-electron chi connectivity index (χ3n) is 2.58. The molecule has 1 aromatic carbocycles. The van der Waals surface area contributed by atoms with Gasteiger partial charge in [0.05, 0.1) is 0 Å². The van der Waals surface area contributed by atoms with Crippen LogP contribution in [0.5, 0.6) is 5.75 Å². The fourth-order valence-corrected chi connectivity index (χ4v) is 1.67. The summed E-state index contributed by atoms with van der Waals surface area (Å²) in [6, 6.07) is 9.41. The zero-order chi connectivity index (χ0) is 11.2. The lowest BCUT2D eigenvalue weighted by Gasteiger charge is -2.27. The number of carbonyl (C=O) groups excluding carboxylic acids is 1. The van der Waals surface area contributed by atoms with Crippen LogP contribution in [0.2, 0.25) is 0 Å². The largest absolute Gasteiger partial charge is 0.484 e. The van der Waals surface area contributed by atoms with Crippen molar-refractivity contribution in [3.8, 4) is 5.75 Å². The second-order valence-corrected chi connectivity index (χ2v) is 3.73. The third kappa shape index (κ3) is 2.97. The highest BCUT2D eigenvalue weighted by atomic mass is 16.5. The number of para-hydroxylation sites is 1. The summed E-state index contributed by atoms with van der Waals surface area (Å²) < 4.78 is 5.41. The van der Waals surface area contributed by atoms with Crippen molar-refractivity contribution in [1.82, 2.24) is 10.2 Å². The van der Waals surface area contributed by atoms with Crippen molar-refractivity contribution in [3.05, 3.63) is 30.3 Å². The van der Waals surface area contributed by atoms with Crippen LogP contribution in [0.1, 0.15) is 0 Å². The average molecular weight is 220 g/mol. The van der Waals surface area contributed by atoms with Gasteiger partial charge in [-0.25, -0.2) is 0 Å². The maximum atomic E-state index is 11.7. The van der Waals surface area contributed by atoms with Crippen LogP contribution in [0.3, 0.4) is 0 Å². The molecule has 0 unspecified atom stereocenters. The van der Waals surface area contributed by atoms with Gasteiger partial charge in [0.2, 0.25) is 0 Å². The first kappa shape index (κ1) is 11.0. The van der Waals surface area contributed by atoms with E-state index in [4.69, 9.17) is 4.74 Å². The summed E-state index contributed by atoms with van der Waals surface area (Å²) >= 11 is 0. The Morgan fingerprint density at radius 3 is 2.62 bits per heavy atom. The van der Waals surface area contributed by atoms with Crippen molar-refractivity contribution in [1.29, 1.82) is 0 Å². The summed E-state index contributed by atoms with van der Waals surface area (Å²) in [5.41, 5.74) is 0. The normalized spacial score (nSPS) is 15.9. The molecule has 0 bridgehead atoms. The summed E-state index contributed by atoms with van der Waals surface area (Å²) in [7, 11) is 0. The number of ether oxygens (including phenoxy) is 1. The molecule has 86 valence electrons. The lowest BCUT2D eigenvalue weighted by Crippen LogP contribution is -2.47. The molecule has 1 amide bonds. The highest BCUT2D eigenvalue weighted by Crippen LogP contribution is 2.08. The summed E-state index contributed by atoms with van der Waals surface area (Å²) in [5.74, 6) is 0.802. The van der Waals surface area contributed by atoms with E-state index >= 15 is 0 Å². The van der Waals surface area contributed by atoms with Crippen LogP contribution in [0, 0.1) is 0 Å². The minimum Gasteiger partial charge on any atom is -0.484 e. The molecule has 0 radical (unpaired) electrons. The average Bonchev–Trinajstić information content (AvgIpc) is 2.38. The van der Waals surface area contributed by atoms with Crippen LogP contribution in [0.4, 0.5) is 0 Å². The molecule has 4 heteroatoms. The predicted octanol–water partition coefficient (Wildman–Crippen LogP) is 0.497. The van der Waals surface area contributed by atoms with Gasteiger partial charge in [-0.3, -0.25) is 4.79 Å². The van der Waals surface area contributed by atoms with Crippen molar-refractivity contribution in [2.45, 2.75) is 0 Å². The standard InChI is InChI=1S/C12H16N2O2/c15-12(14-8-6-13-7-9-14)10-16-11-4-2-1-3-5-11/h1-5,13H,6-10H2. The van der Waals surface area contributed by atoms with Gasteiger partial charge < -0.3 is 15.0 Å². The van der Waals surface area contributed by atoms with E-state index in [0.717, 1.165) is 31.9 Å². The van der Waals surface area contributed by atoms with Crippen LogP contribution in [0.25, 0.3) is 0 Å². The number of benzene rings is 1. The zero-order valence-electron chi connectivity index (χ0n) is 9.19. The van der Waals surface area contributed by atoms with Crippen molar-refractivity contribution >= 4 is 5.91 Å². The van der Waals surface area contributed by atoms with Crippen LogP contribution < -0.4 is 10.1 Å². The molecule has 0 spiro atoms. The number of nitrogens with zero attached hydrogens (tertiary/aromatic N) is 1. The Morgan fingerprint density at radius 2 is 1.94 bits per heavy atom. The van der Waals surface area contributed by atoms with Gasteiger partial charge >= 0.3 is 0 Å². The van der Waals surface area contributed by atoms with Crippen molar-refractivity contribution in [3.63, 3.8) is 0 Å². The van der Waals surface area contributed by atoms with E-state index < -0.39 is 0 Å². The quantitative estimate of drug-likeness (QED) is 0.806. The summed E-state index contributed by atoms with van der Waals surface area (Å²) in [6.07, 6.45) is 0. The van der Waals surface area contributed by atoms with Crippen LogP contribution >= 0.6 is 0 Å². The molecule has 1 fully saturated rings. The molecule has 1 N–H and O–H groups in total. The second kappa shape index (κ2) is 5.51. The molecule has 0 aliphatic carbocycles. The number of piperazine rings is 1. The van der Waals surface area contributed by atoms with Crippen molar-refractivity contribution in [2.75, 3.05) is 32.8 Å². The maximum absolute atomic E-state index is 11.7. The van der Waals surface area contributed by atoms with Gasteiger partial charge in [0.1, 0.15) is 5.75 Å². The van der Waals surface area contributed by atoms with Gasteiger partial charge in [0, 0.05) is 26.2 Å². The number of nitrogens with one attached hydrogen (secondary N) is 1. The maximum Gasteiger partial charge on any atom is 0.260 e. The Kier molecular flexibility index (Phi) is 3.77. The van der Waals surface area contributed by atoms with Crippen LogP contribution in [0.15, 0.2) is 30.3 Å². The van der Waals surface area contributed by atoms with Gasteiger partial charge in [0.15, 0.2) is 6.61 Å². The molecule has 16 heavy (non-hydrogen) atoms. The van der Waals surface area contributed by atoms with Crippen LogP contribution in [-0.2, 0) is 4.79 Å². The SMILES string of the molecule is O=C(COc1ccccc1)N1CCNCC1. The Morgan fingerprint density at radius 1 is 1.25 bits per heavy atom. The van der Waals surface area contributed by atoms with Crippen molar-refractivity contribution < 1.29 is 9.53 Å². The molecular formula is C12H16N2O2. The van der Waals surface area contributed by atoms with E-state index in [2.05, 4.69) is 5.32 Å². The fraction of sp³-hybridized carbons (Fsp3) is 0.417. The Labute approximate surface area is 95.2 Å². The van der Waals surface area contributed by atoms with E-state index in [1.165, 1.54) is 0 Å². The molecule has 1 saturated heterocycles. The zero-order valence-corrected chi connectivity index (χ0v) is 9.19. The Hall–Kier alpha value is -1.55. The topological polar surface area (TPSA) is 41.6 Å². The molecule has 0 atom stereocenters. The molecular weight excluding hydrogens is 204 g/mol. The molecule has 2 rings (SSSR count). The third-order valence-corrected chi connectivity index (χ3v) is 2.58. The Balaban J connectivity index is 1.79. The summed E-state index contributed by atoms with van der Waals surface area (Å²) in [4.78, 5) is 13.6. The molecule has 1 aromatic rings. The molecule has 1 aliphatic rings. The van der Waals surface area contributed by atoms with E-state index in [9.17, 15) is 4.79 Å². The number of amides is 1. The molecule has 1 heterocycles. The van der Waals surface area contributed by atoms with Gasteiger partial charge in [-0.05, 0) is 12.1 Å². The smallest absolute Gasteiger partial charge is 0.260 e. The van der Waals surface area contributed by atoms with Gasteiger partial charge in [-0.15, -0.1) is 0 Å². The minimum atomic E-state index is 0.0605. The lowest BCUT2D eigenvalue weighted by molar-refractivity contribution is -0.133. The predicted molar refractivity (Wildman–Crippen MR) is 61.4 cm³/mol. The first-order valence-corrected chi connectivity index (χ1v) is 5.52. The molecule has 1 aliphatic heterocycles. The first-order valence-electron chi connectivity index (χ1n) is 5.52. The molecule has 4 nitrogen and oxygen atoms in total. The minimum absolute atomic E-state index is 0.0605. The lowest BCUT2D eigenvalue weighted by atomic mass is 10.3. The van der Waals surface area contributed by atoms with Gasteiger partial charge in [0.25, 0.3) is 5.91 Å². The number of hydrogen-bond donors (Lipinski definition) is 1. The monoisotopic (exact) mass is 220 g/mol. The second-order valence-electron chi connectivity index (χ2n) is 3.73. The highest BCUT2D eigenvalue weighted by molar-refractivity contribution is 5.77. The number of carbonyl (C=O) groups is 1.